The maximum Gasteiger partial charge on any atom is 0.224 e. The first kappa shape index (κ1) is 15.2. The zero-order valence-electron chi connectivity index (χ0n) is 12.6. The van der Waals surface area contributed by atoms with Crippen molar-refractivity contribution in [1.82, 2.24) is 5.32 Å². The van der Waals surface area contributed by atoms with Crippen LogP contribution in [0.25, 0.3) is 0 Å². The van der Waals surface area contributed by atoms with Gasteiger partial charge in [0, 0.05) is 0 Å². The molecule has 1 amide bonds. The highest BCUT2D eigenvalue weighted by atomic mass is 19.1. The molecule has 0 aromatic heterocycles. The van der Waals surface area contributed by atoms with Gasteiger partial charge in [0.1, 0.15) is 5.82 Å². The van der Waals surface area contributed by atoms with E-state index in [-0.39, 0.29) is 17.8 Å². The Morgan fingerprint density at radius 3 is 2.43 bits per heavy atom. The molecular formula is C18H20FNO. The van der Waals surface area contributed by atoms with Gasteiger partial charge in [-0.3, -0.25) is 4.79 Å². The van der Waals surface area contributed by atoms with Crippen LogP contribution in [0.2, 0.25) is 0 Å². The summed E-state index contributed by atoms with van der Waals surface area (Å²) in [4.78, 5) is 12.1. The average molecular weight is 285 g/mol. The Balaban J connectivity index is 1.99. The highest BCUT2D eigenvalue weighted by Crippen LogP contribution is 2.15. The molecule has 0 bridgehead atoms. The van der Waals surface area contributed by atoms with Gasteiger partial charge in [-0.2, -0.15) is 0 Å². The normalized spacial score (nSPS) is 12.0. The molecule has 1 N–H and O–H groups in total. The van der Waals surface area contributed by atoms with Gasteiger partial charge in [0.05, 0.1) is 12.5 Å². The molecule has 0 unspecified atom stereocenters. The summed E-state index contributed by atoms with van der Waals surface area (Å²) in [7, 11) is 0. The van der Waals surface area contributed by atoms with Gasteiger partial charge in [0.2, 0.25) is 5.91 Å². The second-order valence-corrected chi connectivity index (χ2v) is 5.45. The van der Waals surface area contributed by atoms with Crippen molar-refractivity contribution >= 4 is 5.91 Å². The van der Waals surface area contributed by atoms with E-state index in [9.17, 15) is 9.18 Å². The van der Waals surface area contributed by atoms with E-state index in [0.29, 0.717) is 6.42 Å². The van der Waals surface area contributed by atoms with Gasteiger partial charge in [-0.25, -0.2) is 4.39 Å². The molecule has 0 aliphatic heterocycles. The van der Waals surface area contributed by atoms with Gasteiger partial charge in [0.25, 0.3) is 0 Å². The lowest BCUT2D eigenvalue weighted by atomic mass is 10.0. The maximum absolute atomic E-state index is 12.9. The highest BCUT2D eigenvalue weighted by molar-refractivity contribution is 5.79. The van der Waals surface area contributed by atoms with Crippen LogP contribution in [-0.2, 0) is 11.2 Å². The summed E-state index contributed by atoms with van der Waals surface area (Å²) in [6.07, 6.45) is 0.359. The zero-order chi connectivity index (χ0) is 15.4. The van der Waals surface area contributed by atoms with Gasteiger partial charge in [-0.15, -0.1) is 0 Å². The molecular weight excluding hydrogens is 265 g/mol. The third-order valence-corrected chi connectivity index (χ3v) is 3.60. The smallest absolute Gasteiger partial charge is 0.224 e. The van der Waals surface area contributed by atoms with E-state index in [1.807, 2.05) is 32.9 Å². The fourth-order valence-electron chi connectivity index (χ4n) is 2.34. The topological polar surface area (TPSA) is 29.1 Å². The molecule has 0 radical (unpaired) electrons. The highest BCUT2D eigenvalue weighted by Gasteiger charge is 2.11. The van der Waals surface area contributed by atoms with Crippen LogP contribution in [0.5, 0.6) is 0 Å². The Morgan fingerprint density at radius 1 is 1.14 bits per heavy atom. The summed E-state index contributed by atoms with van der Waals surface area (Å²) in [6.45, 7) is 5.94. The van der Waals surface area contributed by atoms with Crippen molar-refractivity contribution in [3.8, 4) is 0 Å². The molecule has 2 aromatic carbocycles. The molecule has 0 aliphatic carbocycles. The molecule has 0 heterocycles. The van der Waals surface area contributed by atoms with Crippen LogP contribution in [0, 0.1) is 19.7 Å². The van der Waals surface area contributed by atoms with Gasteiger partial charge in [-0.05, 0) is 49.6 Å². The largest absolute Gasteiger partial charge is 0.349 e. The number of hydrogen-bond donors (Lipinski definition) is 1. The third kappa shape index (κ3) is 4.15. The number of rotatable bonds is 4. The van der Waals surface area contributed by atoms with Gasteiger partial charge >= 0.3 is 0 Å². The Kier molecular flexibility index (Phi) is 4.73. The van der Waals surface area contributed by atoms with Gasteiger partial charge in [-0.1, -0.05) is 35.9 Å². The first-order valence-electron chi connectivity index (χ1n) is 7.06. The molecule has 1 atom stereocenters. The lowest BCUT2D eigenvalue weighted by Gasteiger charge is -2.15. The van der Waals surface area contributed by atoms with E-state index in [4.69, 9.17) is 0 Å². The number of benzene rings is 2. The summed E-state index contributed by atoms with van der Waals surface area (Å²) in [5, 5.41) is 2.94. The first-order valence-corrected chi connectivity index (χ1v) is 7.06. The quantitative estimate of drug-likeness (QED) is 0.908. The number of hydrogen-bond acceptors (Lipinski definition) is 1. The van der Waals surface area contributed by atoms with E-state index < -0.39 is 0 Å². The molecule has 3 heteroatoms. The van der Waals surface area contributed by atoms with E-state index in [0.717, 1.165) is 16.7 Å². The zero-order valence-corrected chi connectivity index (χ0v) is 12.6. The number of aryl methyl sites for hydroxylation is 2. The van der Waals surface area contributed by atoms with Crippen molar-refractivity contribution in [3.63, 3.8) is 0 Å². The lowest BCUT2D eigenvalue weighted by molar-refractivity contribution is -0.121. The monoisotopic (exact) mass is 285 g/mol. The minimum Gasteiger partial charge on any atom is -0.349 e. The number of halogens is 1. The molecule has 2 rings (SSSR count). The Hall–Kier alpha value is -2.16. The van der Waals surface area contributed by atoms with Crippen molar-refractivity contribution in [2.45, 2.75) is 33.2 Å². The van der Waals surface area contributed by atoms with E-state index in [2.05, 4.69) is 11.4 Å². The molecule has 2 nitrogen and oxygen atoms in total. The minimum atomic E-state index is -0.271. The number of nitrogens with one attached hydrogen (secondary N) is 1. The Morgan fingerprint density at radius 2 is 1.81 bits per heavy atom. The molecule has 0 fully saturated rings. The fourth-order valence-corrected chi connectivity index (χ4v) is 2.34. The summed E-state index contributed by atoms with van der Waals surface area (Å²) in [5.41, 5.74) is 4.24. The molecule has 0 aliphatic rings. The molecule has 21 heavy (non-hydrogen) atoms. The molecule has 0 saturated heterocycles. The Labute approximate surface area is 125 Å². The summed E-state index contributed by atoms with van der Waals surface area (Å²) < 4.78 is 12.9. The summed E-state index contributed by atoms with van der Waals surface area (Å²) in [5.74, 6) is -0.300. The molecule has 0 saturated carbocycles. The SMILES string of the molecule is Cc1ccc(CC(=O)N[C@H](C)c2ccc(F)cc2)c(C)c1. The minimum absolute atomic E-state index is 0.0289. The number of carbonyl (C=O) groups excluding carboxylic acids is 1. The van der Waals surface area contributed by atoms with Gasteiger partial charge in [0.15, 0.2) is 0 Å². The summed E-state index contributed by atoms with van der Waals surface area (Å²) in [6, 6.07) is 12.1. The second-order valence-electron chi connectivity index (χ2n) is 5.45. The lowest BCUT2D eigenvalue weighted by Crippen LogP contribution is -2.28. The van der Waals surface area contributed by atoms with Crippen molar-refractivity contribution in [2.24, 2.45) is 0 Å². The van der Waals surface area contributed by atoms with Crippen molar-refractivity contribution in [1.29, 1.82) is 0 Å². The fraction of sp³-hybridized carbons (Fsp3) is 0.278. The van der Waals surface area contributed by atoms with Crippen LogP contribution < -0.4 is 5.32 Å². The van der Waals surface area contributed by atoms with Crippen LogP contribution in [0.1, 0.15) is 35.2 Å². The third-order valence-electron chi connectivity index (χ3n) is 3.60. The van der Waals surface area contributed by atoms with E-state index in [1.165, 1.54) is 17.7 Å². The number of carbonyl (C=O) groups is 1. The second kappa shape index (κ2) is 6.53. The van der Waals surface area contributed by atoms with Crippen LogP contribution in [0.3, 0.4) is 0 Å². The number of amides is 1. The van der Waals surface area contributed by atoms with Crippen molar-refractivity contribution in [3.05, 3.63) is 70.5 Å². The van der Waals surface area contributed by atoms with Crippen molar-refractivity contribution in [2.75, 3.05) is 0 Å². The van der Waals surface area contributed by atoms with E-state index >= 15 is 0 Å². The van der Waals surface area contributed by atoms with Crippen molar-refractivity contribution < 1.29 is 9.18 Å². The standard InChI is InChI=1S/C18H20FNO/c1-12-4-5-16(13(2)10-12)11-18(21)20-14(3)15-6-8-17(19)9-7-15/h4-10,14H,11H2,1-3H3,(H,20,21)/t14-/m1/s1. The van der Waals surface area contributed by atoms with Crippen LogP contribution >= 0.6 is 0 Å². The van der Waals surface area contributed by atoms with Gasteiger partial charge < -0.3 is 5.32 Å². The van der Waals surface area contributed by atoms with Crippen LogP contribution in [0.15, 0.2) is 42.5 Å². The van der Waals surface area contributed by atoms with Crippen LogP contribution in [0.4, 0.5) is 4.39 Å². The predicted octanol–water partition coefficient (Wildman–Crippen LogP) is 3.86. The first-order chi connectivity index (χ1) is 9.95. The predicted molar refractivity (Wildman–Crippen MR) is 82.6 cm³/mol. The Bertz CT molecular complexity index is 634. The molecule has 2 aromatic rings. The molecule has 0 spiro atoms. The van der Waals surface area contributed by atoms with Crippen LogP contribution in [-0.4, -0.2) is 5.91 Å². The molecule has 110 valence electrons. The van der Waals surface area contributed by atoms with E-state index in [1.54, 1.807) is 12.1 Å². The summed E-state index contributed by atoms with van der Waals surface area (Å²) >= 11 is 0. The maximum atomic E-state index is 12.9. The average Bonchev–Trinajstić information content (AvgIpc) is 2.42.